The maximum Gasteiger partial charge on any atom is 0.291 e. The molecule has 134 valence electrons. The van der Waals surface area contributed by atoms with Crippen LogP contribution in [0.3, 0.4) is 0 Å². The van der Waals surface area contributed by atoms with Gasteiger partial charge in [0.25, 0.3) is 5.91 Å². The summed E-state index contributed by atoms with van der Waals surface area (Å²) in [6.07, 6.45) is 0.982. The van der Waals surface area contributed by atoms with Gasteiger partial charge in [-0.15, -0.1) is 0 Å². The third-order valence-corrected chi connectivity index (χ3v) is 4.51. The quantitative estimate of drug-likeness (QED) is 0.563. The number of hydrogen-bond donors (Lipinski definition) is 1. The van der Waals surface area contributed by atoms with Gasteiger partial charge >= 0.3 is 0 Å². The van der Waals surface area contributed by atoms with E-state index in [4.69, 9.17) is 32.4 Å². The molecule has 0 atom stereocenters. The molecular formula is C20H17Cl2NO3. The third-order valence-electron chi connectivity index (χ3n) is 3.78. The summed E-state index contributed by atoms with van der Waals surface area (Å²) in [6.45, 7) is 2.34. The fourth-order valence-electron chi connectivity index (χ4n) is 2.32. The Hall–Kier alpha value is -2.43. The van der Waals surface area contributed by atoms with Gasteiger partial charge in [0.1, 0.15) is 18.1 Å². The van der Waals surface area contributed by atoms with E-state index in [2.05, 4.69) is 12.2 Å². The molecule has 2 aromatic carbocycles. The zero-order valence-corrected chi connectivity index (χ0v) is 15.6. The van der Waals surface area contributed by atoms with Crippen molar-refractivity contribution in [3.8, 4) is 5.75 Å². The van der Waals surface area contributed by atoms with E-state index < -0.39 is 0 Å². The van der Waals surface area contributed by atoms with Gasteiger partial charge in [-0.3, -0.25) is 4.79 Å². The van der Waals surface area contributed by atoms with Crippen molar-refractivity contribution in [2.75, 3.05) is 5.32 Å². The first kappa shape index (κ1) is 18.4. The van der Waals surface area contributed by atoms with E-state index in [0.717, 1.165) is 12.2 Å². The second-order valence-corrected chi connectivity index (χ2v) is 6.45. The molecule has 1 amide bonds. The number of aryl methyl sites for hydroxylation is 1. The zero-order valence-electron chi connectivity index (χ0n) is 14.1. The smallest absolute Gasteiger partial charge is 0.291 e. The van der Waals surface area contributed by atoms with Crippen LogP contribution in [-0.2, 0) is 13.0 Å². The Morgan fingerprint density at radius 2 is 1.81 bits per heavy atom. The number of halogens is 2. The van der Waals surface area contributed by atoms with Crippen LogP contribution < -0.4 is 10.1 Å². The maximum absolute atomic E-state index is 12.2. The predicted molar refractivity (Wildman–Crippen MR) is 103 cm³/mol. The van der Waals surface area contributed by atoms with Crippen LogP contribution in [0.4, 0.5) is 5.69 Å². The highest BCUT2D eigenvalue weighted by molar-refractivity contribution is 6.42. The monoisotopic (exact) mass is 389 g/mol. The predicted octanol–water partition coefficient (Wildman–Crippen LogP) is 5.98. The van der Waals surface area contributed by atoms with Crippen molar-refractivity contribution in [3.05, 3.63) is 81.7 Å². The van der Waals surface area contributed by atoms with Crippen LogP contribution in [0, 0.1) is 0 Å². The second kappa shape index (κ2) is 8.30. The number of carbonyl (C=O) groups excluding carboxylic acids is 1. The Kier molecular flexibility index (Phi) is 5.86. The Balaban J connectivity index is 1.59. The molecule has 26 heavy (non-hydrogen) atoms. The third kappa shape index (κ3) is 4.59. The molecule has 1 aromatic heterocycles. The number of ether oxygens (including phenoxy) is 1. The molecule has 1 N–H and O–H groups in total. The van der Waals surface area contributed by atoms with E-state index in [-0.39, 0.29) is 18.3 Å². The van der Waals surface area contributed by atoms with Crippen molar-refractivity contribution in [3.63, 3.8) is 0 Å². The molecule has 0 aliphatic heterocycles. The van der Waals surface area contributed by atoms with Crippen LogP contribution in [0.15, 0.2) is 59.0 Å². The standard InChI is InChI=1S/C20H17Cl2NO3/c1-2-13-3-6-15(7-4-13)25-12-16-8-10-19(26-16)20(24)23-14-5-9-17(21)18(22)11-14/h3-11H,2,12H2,1H3,(H,23,24). The molecule has 4 nitrogen and oxygen atoms in total. The summed E-state index contributed by atoms with van der Waals surface area (Å²) in [6, 6.07) is 16.1. The van der Waals surface area contributed by atoms with Crippen molar-refractivity contribution in [2.45, 2.75) is 20.0 Å². The molecule has 0 saturated heterocycles. The molecule has 0 bridgehead atoms. The Morgan fingerprint density at radius 3 is 2.50 bits per heavy atom. The number of benzene rings is 2. The molecule has 0 spiro atoms. The molecule has 3 aromatic rings. The first-order valence-electron chi connectivity index (χ1n) is 8.12. The van der Waals surface area contributed by atoms with Gasteiger partial charge in [0, 0.05) is 5.69 Å². The van der Waals surface area contributed by atoms with Gasteiger partial charge < -0.3 is 14.5 Å². The topological polar surface area (TPSA) is 51.5 Å². The summed E-state index contributed by atoms with van der Waals surface area (Å²) >= 11 is 11.8. The van der Waals surface area contributed by atoms with Crippen LogP contribution in [0.2, 0.25) is 10.0 Å². The van der Waals surface area contributed by atoms with Crippen LogP contribution in [0.5, 0.6) is 5.75 Å². The average Bonchev–Trinajstić information content (AvgIpc) is 3.13. The number of amides is 1. The van der Waals surface area contributed by atoms with Crippen molar-refractivity contribution in [1.29, 1.82) is 0 Å². The first-order valence-corrected chi connectivity index (χ1v) is 8.87. The summed E-state index contributed by atoms with van der Waals surface area (Å²) in [4.78, 5) is 12.2. The van der Waals surface area contributed by atoms with E-state index in [9.17, 15) is 4.79 Å². The van der Waals surface area contributed by atoms with Crippen LogP contribution >= 0.6 is 23.2 Å². The molecular weight excluding hydrogens is 373 g/mol. The summed E-state index contributed by atoms with van der Waals surface area (Å²) < 4.78 is 11.2. The van der Waals surface area contributed by atoms with Gasteiger partial charge in [-0.2, -0.15) is 0 Å². The van der Waals surface area contributed by atoms with Gasteiger partial charge in [0.05, 0.1) is 10.0 Å². The van der Waals surface area contributed by atoms with Gasteiger partial charge in [-0.1, -0.05) is 42.3 Å². The zero-order chi connectivity index (χ0) is 18.5. The van der Waals surface area contributed by atoms with Crippen molar-refractivity contribution < 1.29 is 13.9 Å². The second-order valence-electron chi connectivity index (χ2n) is 5.64. The van der Waals surface area contributed by atoms with Crippen LogP contribution in [0.1, 0.15) is 28.8 Å². The lowest BCUT2D eigenvalue weighted by Crippen LogP contribution is -2.10. The van der Waals surface area contributed by atoms with Gasteiger partial charge in [-0.05, 0) is 54.4 Å². The van der Waals surface area contributed by atoms with E-state index in [1.165, 1.54) is 5.56 Å². The van der Waals surface area contributed by atoms with E-state index >= 15 is 0 Å². The lowest BCUT2D eigenvalue weighted by Gasteiger charge is -2.06. The molecule has 0 saturated carbocycles. The van der Waals surface area contributed by atoms with Gasteiger partial charge in [-0.25, -0.2) is 0 Å². The van der Waals surface area contributed by atoms with Crippen molar-refractivity contribution >= 4 is 34.8 Å². The summed E-state index contributed by atoms with van der Waals surface area (Å²) in [5.74, 6) is 1.13. The van der Waals surface area contributed by atoms with Crippen LogP contribution in [-0.4, -0.2) is 5.91 Å². The number of anilines is 1. The van der Waals surface area contributed by atoms with E-state index in [1.54, 1.807) is 30.3 Å². The number of furan rings is 1. The molecule has 0 radical (unpaired) electrons. The normalized spacial score (nSPS) is 10.6. The SMILES string of the molecule is CCc1ccc(OCc2ccc(C(=O)Nc3ccc(Cl)c(Cl)c3)o2)cc1. The maximum atomic E-state index is 12.2. The number of hydrogen-bond acceptors (Lipinski definition) is 3. The van der Waals surface area contributed by atoms with Gasteiger partial charge in [0.15, 0.2) is 5.76 Å². The number of nitrogens with one attached hydrogen (secondary N) is 1. The van der Waals surface area contributed by atoms with Crippen LogP contribution in [0.25, 0.3) is 0 Å². The summed E-state index contributed by atoms with van der Waals surface area (Å²) in [5.41, 5.74) is 1.78. The van der Waals surface area contributed by atoms with E-state index in [0.29, 0.717) is 21.5 Å². The largest absolute Gasteiger partial charge is 0.486 e. The fraction of sp³-hybridized carbons (Fsp3) is 0.150. The summed E-state index contributed by atoms with van der Waals surface area (Å²) in [5, 5.41) is 3.50. The highest BCUT2D eigenvalue weighted by Gasteiger charge is 2.12. The molecule has 6 heteroatoms. The van der Waals surface area contributed by atoms with E-state index in [1.807, 2.05) is 24.3 Å². The highest BCUT2D eigenvalue weighted by atomic mass is 35.5. The van der Waals surface area contributed by atoms with Crippen molar-refractivity contribution in [1.82, 2.24) is 0 Å². The minimum Gasteiger partial charge on any atom is -0.486 e. The van der Waals surface area contributed by atoms with Crippen molar-refractivity contribution in [2.24, 2.45) is 0 Å². The summed E-state index contributed by atoms with van der Waals surface area (Å²) in [7, 11) is 0. The average molecular weight is 390 g/mol. The lowest BCUT2D eigenvalue weighted by atomic mass is 10.2. The molecule has 3 rings (SSSR count). The highest BCUT2D eigenvalue weighted by Crippen LogP contribution is 2.25. The lowest BCUT2D eigenvalue weighted by molar-refractivity contribution is 0.0992. The minimum atomic E-state index is -0.373. The Morgan fingerprint density at radius 1 is 1.04 bits per heavy atom. The molecule has 0 fully saturated rings. The molecule has 0 aliphatic carbocycles. The van der Waals surface area contributed by atoms with Gasteiger partial charge in [0.2, 0.25) is 0 Å². The molecule has 1 heterocycles. The Bertz CT molecular complexity index is 904. The first-order chi connectivity index (χ1) is 12.5. The molecule has 0 aliphatic rings. The Labute approximate surface area is 161 Å². The molecule has 0 unspecified atom stereocenters. The number of carbonyl (C=O) groups is 1. The number of rotatable bonds is 6. The minimum absolute atomic E-state index is 0.191. The fourth-order valence-corrected chi connectivity index (χ4v) is 2.62.